The molecule has 0 spiro atoms. The molecule has 2 nitrogen and oxygen atoms in total. The summed E-state index contributed by atoms with van der Waals surface area (Å²) in [5, 5.41) is 3.46. The van der Waals surface area contributed by atoms with Gasteiger partial charge in [-0.05, 0) is 24.9 Å². The Morgan fingerprint density at radius 1 is 1.00 bits per heavy atom. The van der Waals surface area contributed by atoms with Crippen molar-refractivity contribution in [1.82, 2.24) is 5.32 Å². The summed E-state index contributed by atoms with van der Waals surface area (Å²) < 4.78 is 6.06. The van der Waals surface area contributed by atoms with Gasteiger partial charge in [-0.3, -0.25) is 0 Å². The first-order valence-corrected chi connectivity index (χ1v) is 7.75. The first kappa shape index (κ1) is 16.2. The standard InChI is InChI=1S/C17H29NO/c1-3-5-6-10-14-19-17(15-18-13-4-2)16-11-8-7-9-12-16/h7-9,11-12,17-18H,3-6,10,13-15H2,1-2H3. The third-order valence-electron chi connectivity index (χ3n) is 3.24. The van der Waals surface area contributed by atoms with Crippen LogP contribution in [-0.2, 0) is 4.74 Å². The highest BCUT2D eigenvalue weighted by atomic mass is 16.5. The molecule has 0 aliphatic rings. The van der Waals surface area contributed by atoms with Gasteiger partial charge in [0.05, 0.1) is 6.10 Å². The Bertz CT molecular complexity index is 299. The average molecular weight is 263 g/mol. The minimum Gasteiger partial charge on any atom is -0.372 e. The Balaban J connectivity index is 2.36. The molecule has 0 heterocycles. The lowest BCUT2D eigenvalue weighted by Crippen LogP contribution is -2.24. The largest absolute Gasteiger partial charge is 0.372 e. The molecule has 0 amide bonds. The molecule has 0 aliphatic heterocycles. The molecule has 0 aromatic heterocycles. The van der Waals surface area contributed by atoms with E-state index in [0.717, 1.165) is 26.1 Å². The lowest BCUT2D eigenvalue weighted by Gasteiger charge is -2.19. The molecule has 1 rings (SSSR count). The van der Waals surface area contributed by atoms with E-state index in [4.69, 9.17) is 4.74 Å². The van der Waals surface area contributed by atoms with Crippen molar-refractivity contribution in [2.24, 2.45) is 0 Å². The number of hydrogen-bond acceptors (Lipinski definition) is 2. The van der Waals surface area contributed by atoms with E-state index in [2.05, 4.69) is 49.5 Å². The average Bonchev–Trinajstić information content (AvgIpc) is 2.46. The maximum atomic E-state index is 6.06. The zero-order chi connectivity index (χ0) is 13.8. The summed E-state index contributed by atoms with van der Waals surface area (Å²) in [6.07, 6.45) is 6.39. The van der Waals surface area contributed by atoms with Gasteiger partial charge >= 0.3 is 0 Å². The minimum absolute atomic E-state index is 0.189. The van der Waals surface area contributed by atoms with Gasteiger partial charge in [0.1, 0.15) is 0 Å². The highest BCUT2D eigenvalue weighted by Gasteiger charge is 2.10. The summed E-state index contributed by atoms with van der Waals surface area (Å²) in [4.78, 5) is 0. The highest BCUT2D eigenvalue weighted by molar-refractivity contribution is 5.17. The van der Waals surface area contributed by atoms with Gasteiger partial charge in [-0.25, -0.2) is 0 Å². The molecule has 0 radical (unpaired) electrons. The van der Waals surface area contributed by atoms with Crippen molar-refractivity contribution in [3.63, 3.8) is 0 Å². The molecular weight excluding hydrogens is 234 g/mol. The van der Waals surface area contributed by atoms with Crippen LogP contribution in [-0.4, -0.2) is 19.7 Å². The summed E-state index contributed by atoms with van der Waals surface area (Å²) in [6, 6.07) is 10.5. The van der Waals surface area contributed by atoms with Gasteiger partial charge in [-0.15, -0.1) is 0 Å². The van der Waals surface area contributed by atoms with E-state index in [9.17, 15) is 0 Å². The van der Waals surface area contributed by atoms with Gasteiger partial charge in [0, 0.05) is 13.2 Å². The Morgan fingerprint density at radius 2 is 1.79 bits per heavy atom. The monoisotopic (exact) mass is 263 g/mol. The third kappa shape index (κ3) is 7.34. The Labute approximate surface area is 118 Å². The van der Waals surface area contributed by atoms with Gasteiger partial charge in [0.2, 0.25) is 0 Å². The fraction of sp³-hybridized carbons (Fsp3) is 0.647. The SMILES string of the molecule is CCCCCCOC(CNCCC)c1ccccc1. The number of ether oxygens (including phenoxy) is 1. The number of hydrogen-bond donors (Lipinski definition) is 1. The van der Waals surface area contributed by atoms with Gasteiger partial charge < -0.3 is 10.1 Å². The summed E-state index contributed by atoms with van der Waals surface area (Å²) in [5.74, 6) is 0. The third-order valence-corrected chi connectivity index (χ3v) is 3.24. The molecule has 0 fully saturated rings. The van der Waals surface area contributed by atoms with Gasteiger partial charge in [0.15, 0.2) is 0 Å². The van der Waals surface area contributed by atoms with Crippen molar-refractivity contribution < 1.29 is 4.74 Å². The highest BCUT2D eigenvalue weighted by Crippen LogP contribution is 2.17. The predicted octanol–water partition coefficient (Wildman–Crippen LogP) is 4.32. The van der Waals surface area contributed by atoms with Crippen molar-refractivity contribution in [3.8, 4) is 0 Å². The van der Waals surface area contributed by atoms with Crippen LogP contribution in [0.15, 0.2) is 30.3 Å². The molecule has 0 saturated carbocycles. The van der Waals surface area contributed by atoms with E-state index < -0.39 is 0 Å². The second-order valence-electron chi connectivity index (χ2n) is 5.03. The van der Waals surface area contributed by atoms with Crippen LogP contribution in [0.4, 0.5) is 0 Å². The summed E-state index contributed by atoms with van der Waals surface area (Å²) in [6.45, 7) is 7.26. The smallest absolute Gasteiger partial charge is 0.0949 e. The summed E-state index contributed by atoms with van der Waals surface area (Å²) in [7, 11) is 0. The maximum Gasteiger partial charge on any atom is 0.0949 e. The normalized spacial score (nSPS) is 12.5. The van der Waals surface area contributed by atoms with Crippen molar-refractivity contribution >= 4 is 0 Å². The van der Waals surface area contributed by atoms with Crippen molar-refractivity contribution in [3.05, 3.63) is 35.9 Å². The molecule has 19 heavy (non-hydrogen) atoms. The first-order valence-electron chi connectivity index (χ1n) is 7.75. The molecule has 1 aromatic rings. The molecule has 1 aromatic carbocycles. The van der Waals surface area contributed by atoms with Gasteiger partial charge in [-0.2, -0.15) is 0 Å². The molecule has 0 saturated heterocycles. The van der Waals surface area contributed by atoms with E-state index in [-0.39, 0.29) is 6.10 Å². The molecule has 0 aliphatic carbocycles. The molecule has 2 heteroatoms. The predicted molar refractivity (Wildman–Crippen MR) is 82.4 cm³/mol. The quantitative estimate of drug-likeness (QED) is 0.600. The maximum absolute atomic E-state index is 6.06. The number of unbranched alkanes of at least 4 members (excludes halogenated alkanes) is 3. The van der Waals surface area contributed by atoms with E-state index >= 15 is 0 Å². The molecule has 0 bridgehead atoms. The topological polar surface area (TPSA) is 21.3 Å². The van der Waals surface area contributed by atoms with Gasteiger partial charge in [-0.1, -0.05) is 63.4 Å². The number of nitrogens with one attached hydrogen (secondary N) is 1. The first-order chi connectivity index (χ1) is 9.38. The summed E-state index contributed by atoms with van der Waals surface area (Å²) in [5.41, 5.74) is 1.28. The van der Waals surface area contributed by atoms with Crippen LogP contribution in [0.1, 0.15) is 57.6 Å². The van der Waals surface area contributed by atoms with E-state index in [1.807, 2.05) is 0 Å². The van der Waals surface area contributed by atoms with Gasteiger partial charge in [0.25, 0.3) is 0 Å². The van der Waals surface area contributed by atoms with E-state index in [0.29, 0.717) is 0 Å². The zero-order valence-corrected chi connectivity index (χ0v) is 12.5. The van der Waals surface area contributed by atoms with Crippen LogP contribution in [0.3, 0.4) is 0 Å². The Morgan fingerprint density at radius 3 is 2.47 bits per heavy atom. The Hall–Kier alpha value is -0.860. The van der Waals surface area contributed by atoms with E-state index in [1.165, 1.54) is 31.2 Å². The lowest BCUT2D eigenvalue weighted by atomic mass is 10.1. The minimum atomic E-state index is 0.189. The molecule has 1 atom stereocenters. The van der Waals surface area contributed by atoms with Crippen molar-refractivity contribution in [2.45, 2.75) is 52.1 Å². The van der Waals surface area contributed by atoms with Crippen LogP contribution in [0.25, 0.3) is 0 Å². The second kappa shape index (κ2) is 11.0. The Kier molecular flexibility index (Phi) is 9.38. The lowest BCUT2D eigenvalue weighted by molar-refractivity contribution is 0.0500. The molecular formula is C17H29NO. The second-order valence-corrected chi connectivity index (χ2v) is 5.03. The van der Waals surface area contributed by atoms with Crippen LogP contribution in [0, 0.1) is 0 Å². The van der Waals surface area contributed by atoms with E-state index in [1.54, 1.807) is 0 Å². The molecule has 1 unspecified atom stereocenters. The van der Waals surface area contributed by atoms with Crippen LogP contribution >= 0.6 is 0 Å². The number of rotatable bonds is 11. The molecule has 1 N–H and O–H groups in total. The van der Waals surface area contributed by atoms with Crippen LogP contribution in [0.2, 0.25) is 0 Å². The fourth-order valence-electron chi connectivity index (χ4n) is 2.11. The fourth-order valence-corrected chi connectivity index (χ4v) is 2.11. The zero-order valence-electron chi connectivity index (χ0n) is 12.5. The van der Waals surface area contributed by atoms with Crippen LogP contribution in [0.5, 0.6) is 0 Å². The van der Waals surface area contributed by atoms with Crippen molar-refractivity contribution in [1.29, 1.82) is 0 Å². The van der Waals surface area contributed by atoms with Crippen molar-refractivity contribution in [2.75, 3.05) is 19.7 Å². The molecule has 108 valence electrons. The van der Waals surface area contributed by atoms with Crippen LogP contribution < -0.4 is 5.32 Å². The number of benzene rings is 1. The summed E-state index contributed by atoms with van der Waals surface area (Å²) >= 11 is 0.